The second-order valence-electron chi connectivity index (χ2n) is 6.50. The molecule has 25 heavy (non-hydrogen) atoms. The van der Waals surface area contributed by atoms with Crippen LogP contribution in [0.2, 0.25) is 5.02 Å². The topological polar surface area (TPSA) is 69.6 Å². The van der Waals surface area contributed by atoms with Gasteiger partial charge in [-0.25, -0.2) is 13.1 Å². The Bertz CT molecular complexity index is 851. The molecule has 3 rings (SSSR count). The molecule has 8 heteroatoms. The van der Waals surface area contributed by atoms with Crippen LogP contribution in [0.3, 0.4) is 0 Å². The smallest absolute Gasteiger partial charge is 0.250 e. The van der Waals surface area contributed by atoms with E-state index in [2.05, 4.69) is 9.62 Å². The maximum absolute atomic E-state index is 12.6. The zero-order valence-electron chi connectivity index (χ0n) is 14.2. The normalized spacial score (nSPS) is 19.6. The largest absolute Gasteiger partial charge is 0.392 e. The molecule has 0 amide bonds. The van der Waals surface area contributed by atoms with Gasteiger partial charge in [-0.15, -0.1) is 11.3 Å². The molecule has 2 N–H and O–H groups in total. The maximum atomic E-state index is 12.6. The van der Waals surface area contributed by atoms with Gasteiger partial charge < -0.3 is 10.0 Å². The van der Waals surface area contributed by atoms with Gasteiger partial charge in [0.15, 0.2) is 0 Å². The van der Waals surface area contributed by atoms with E-state index >= 15 is 0 Å². The van der Waals surface area contributed by atoms with Crippen molar-refractivity contribution in [2.45, 2.75) is 36.5 Å². The van der Waals surface area contributed by atoms with Crippen LogP contribution in [0, 0.1) is 6.92 Å². The van der Waals surface area contributed by atoms with Crippen molar-refractivity contribution in [1.29, 1.82) is 0 Å². The first-order chi connectivity index (χ1) is 11.9. The summed E-state index contributed by atoms with van der Waals surface area (Å²) < 4.78 is 29.2. The average molecular weight is 403 g/mol. The van der Waals surface area contributed by atoms with Crippen molar-refractivity contribution >= 4 is 43.0 Å². The van der Waals surface area contributed by atoms with Crippen molar-refractivity contribution in [2.75, 3.05) is 26.2 Å². The van der Waals surface area contributed by atoms with Gasteiger partial charge in [-0.1, -0.05) is 11.6 Å². The number of hydrogen-bond acceptors (Lipinski definition) is 5. The Morgan fingerprint density at radius 3 is 3.00 bits per heavy atom. The summed E-state index contributed by atoms with van der Waals surface area (Å²) in [5, 5.41) is 11.2. The lowest BCUT2D eigenvalue weighted by Crippen LogP contribution is -2.39. The fraction of sp³-hybridized carbons (Fsp3) is 0.529. The molecular weight excluding hydrogens is 380 g/mol. The van der Waals surface area contributed by atoms with Crippen molar-refractivity contribution in [3.05, 3.63) is 28.8 Å². The number of aryl methyl sites for hydroxylation is 1. The van der Waals surface area contributed by atoms with Crippen molar-refractivity contribution in [1.82, 2.24) is 9.62 Å². The molecule has 5 nitrogen and oxygen atoms in total. The second kappa shape index (κ2) is 7.90. The fourth-order valence-corrected chi connectivity index (χ4v) is 6.27. The van der Waals surface area contributed by atoms with Crippen molar-refractivity contribution < 1.29 is 13.5 Å². The number of piperidine rings is 1. The minimum atomic E-state index is -3.52. The van der Waals surface area contributed by atoms with Gasteiger partial charge in [0.1, 0.15) is 4.21 Å². The van der Waals surface area contributed by atoms with Crippen molar-refractivity contribution in [3.8, 4) is 0 Å². The molecule has 1 aliphatic rings. The molecule has 1 aromatic carbocycles. The third kappa shape index (κ3) is 4.53. The quantitative estimate of drug-likeness (QED) is 0.729. The molecule has 1 unspecified atom stereocenters. The summed E-state index contributed by atoms with van der Waals surface area (Å²) in [4.78, 5) is 2.19. The van der Waals surface area contributed by atoms with Crippen LogP contribution in [0.15, 0.2) is 22.4 Å². The summed E-state index contributed by atoms with van der Waals surface area (Å²) in [7, 11) is -3.52. The summed E-state index contributed by atoms with van der Waals surface area (Å²) in [5.41, 5.74) is 0.745. The first kappa shape index (κ1) is 19.1. The van der Waals surface area contributed by atoms with Crippen LogP contribution in [0.25, 0.3) is 10.1 Å². The van der Waals surface area contributed by atoms with Crippen LogP contribution in [-0.4, -0.2) is 50.7 Å². The number of β-amino-alcohol motifs (C(OH)–C–C–N with tert-alkyl or cyclic N) is 1. The Morgan fingerprint density at radius 1 is 1.44 bits per heavy atom. The molecule has 1 aromatic heterocycles. The lowest BCUT2D eigenvalue weighted by atomic mass is 10.1. The van der Waals surface area contributed by atoms with E-state index in [0.29, 0.717) is 22.3 Å². The number of rotatable bonds is 6. The number of thiophene rings is 1. The van der Waals surface area contributed by atoms with E-state index in [1.807, 2.05) is 19.1 Å². The number of nitrogens with one attached hydrogen (secondary N) is 1. The third-order valence-corrected chi connectivity index (χ3v) is 8.11. The average Bonchev–Trinajstić information content (AvgIpc) is 2.89. The number of likely N-dealkylation sites (tertiary alicyclic amines) is 1. The number of benzene rings is 1. The van der Waals surface area contributed by atoms with Gasteiger partial charge in [-0.05, 0) is 68.4 Å². The van der Waals surface area contributed by atoms with E-state index in [1.165, 1.54) is 11.3 Å². The van der Waals surface area contributed by atoms with Gasteiger partial charge in [-0.3, -0.25) is 0 Å². The van der Waals surface area contributed by atoms with Gasteiger partial charge in [0.25, 0.3) is 0 Å². The maximum Gasteiger partial charge on any atom is 0.250 e. The number of hydrogen-bond donors (Lipinski definition) is 2. The Hall–Kier alpha value is -0.700. The summed E-state index contributed by atoms with van der Waals surface area (Å²) in [6.45, 7) is 4.66. The number of sulfonamides is 1. The molecule has 0 radical (unpaired) electrons. The van der Waals surface area contributed by atoms with Gasteiger partial charge in [0.2, 0.25) is 10.0 Å². The first-order valence-electron chi connectivity index (χ1n) is 8.45. The zero-order valence-corrected chi connectivity index (χ0v) is 16.6. The van der Waals surface area contributed by atoms with Crippen LogP contribution in [-0.2, 0) is 10.0 Å². The van der Waals surface area contributed by atoms with Crippen LogP contribution < -0.4 is 4.72 Å². The van der Waals surface area contributed by atoms with E-state index in [0.717, 1.165) is 48.0 Å². The molecule has 0 saturated carbocycles. The second-order valence-corrected chi connectivity index (χ2v) is 9.95. The predicted molar refractivity (Wildman–Crippen MR) is 103 cm³/mol. The summed E-state index contributed by atoms with van der Waals surface area (Å²) in [5.74, 6) is 0. The molecule has 0 bridgehead atoms. The van der Waals surface area contributed by atoms with Gasteiger partial charge in [-0.2, -0.15) is 0 Å². The highest BCUT2D eigenvalue weighted by atomic mass is 35.5. The number of halogens is 1. The molecule has 2 aromatic rings. The number of aliphatic hydroxyl groups excluding tert-OH is 1. The summed E-state index contributed by atoms with van der Waals surface area (Å²) in [6.07, 6.45) is 2.33. The Balaban J connectivity index is 1.61. The zero-order chi connectivity index (χ0) is 18.0. The predicted octanol–water partition coefficient (Wildman–Crippen LogP) is 2.99. The minimum Gasteiger partial charge on any atom is -0.392 e. The van der Waals surface area contributed by atoms with Gasteiger partial charge in [0, 0.05) is 22.8 Å². The highest BCUT2D eigenvalue weighted by molar-refractivity contribution is 7.91. The lowest BCUT2D eigenvalue weighted by Gasteiger charge is -2.29. The lowest BCUT2D eigenvalue weighted by molar-refractivity contribution is 0.0704. The monoisotopic (exact) mass is 402 g/mol. The molecule has 1 saturated heterocycles. The number of aliphatic hydroxyl groups is 1. The standard InChI is InChI=1S/C17H23ClN2O3S2/c1-12-15-10-13(18)5-6-16(15)24-17(12)25(22,23)19-7-3-9-20-8-2-4-14(21)11-20/h5-6,10,14,19,21H,2-4,7-9,11H2,1H3. The van der Waals surface area contributed by atoms with Crippen molar-refractivity contribution in [3.63, 3.8) is 0 Å². The highest BCUT2D eigenvalue weighted by Crippen LogP contribution is 2.35. The van der Waals surface area contributed by atoms with E-state index < -0.39 is 10.0 Å². The molecule has 1 fully saturated rings. The van der Waals surface area contributed by atoms with Gasteiger partial charge >= 0.3 is 0 Å². The molecule has 1 atom stereocenters. The summed E-state index contributed by atoms with van der Waals surface area (Å²) in [6, 6.07) is 5.44. The van der Waals surface area contributed by atoms with Crippen molar-refractivity contribution in [2.24, 2.45) is 0 Å². The minimum absolute atomic E-state index is 0.251. The van der Waals surface area contributed by atoms with Crippen LogP contribution in [0.1, 0.15) is 24.8 Å². The van der Waals surface area contributed by atoms with E-state index in [4.69, 9.17) is 11.6 Å². The Labute approximate surface area is 157 Å². The van der Waals surface area contributed by atoms with E-state index in [-0.39, 0.29) is 6.10 Å². The molecule has 1 aliphatic heterocycles. The third-order valence-electron chi connectivity index (χ3n) is 4.52. The van der Waals surface area contributed by atoms with Crippen LogP contribution in [0.4, 0.5) is 0 Å². The Kier molecular flexibility index (Phi) is 6.03. The SMILES string of the molecule is Cc1c(S(=O)(=O)NCCCN2CCCC(O)C2)sc2ccc(Cl)cc12. The van der Waals surface area contributed by atoms with Crippen LogP contribution in [0.5, 0.6) is 0 Å². The molecule has 2 heterocycles. The molecular formula is C17H23ClN2O3S2. The van der Waals surface area contributed by atoms with E-state index in [9.17, 15) is 13.5 Å². The fourth-order valence-electron chi connectivity index (χ4n) is 3.24. The molecule has 0 aliphatic carbocycles. The molecule has 138 valence electrons. The Morgan fingerprint density at radius 2 is 2.24 bits per heavy atom. The summed E-state index contributed by atoms with van der Waals surface area (Å²) >= 11 is 7.29. The number of nitrogens with zero attached hydrogens (tertiary/aromatic N) is 1. The van der Waals surface area contributed by atoms with E-state index in [1.54, 1.807) is 6.07 Å². The van der Waals surface area contributed by atoms with Crippen LogP contribution >= 0.6 is 22.9 Å². The highest BCUT2D eigenvalue weighted by Gasteiger charge is 2.22. The first-order valence-corrected chi connectivity index (χ1v) is 11.1. The molecule has 0 spiro atoms. The number of fused-ring (bicyclic) bond motifs is 1. The van der Waals surface area contributed by atoms with Gasteiger partial charge in [0.05, 0.1) is 6.10 Å².